The lowest BCUT2D eigenvalue weighted by Gasteiger charge is -2.19. The number of benzene rings is 2. The zero-order valence-corrected chi connectivity index (χ0v) is 11.4. The third-order valence-corrected chi connectivity index (χ3v) is 3.62. The van der Waals surface area contributed by atoms with E-state index in [1.165, 1.54) is 0 Å². The molecule has 0 aliphatic carbocycles. The van der Waals surface area contributed by atoms with Crippen LogP contribution < -0.4 is 0 Å². The molecule has 0 aromatic heterocycles. The average molecular weight is 267 g/mol. The van der Waals surface area contributed by atoms with Gasteiger partial charge in [-0.05, 0) is 24.6 Å². The van der Waals surface area contributed by atoms with Crippen LogP contribution >= 0.6 is 0 Å². The lowest BCUT2D eigenvalue weighted by Crippen LogP contribution is -2.34. The van der Waals surface area contributed by atoms with Gasteiger partial charge in [-0.3, -0.25) is 4.79 Å². The first-order chi connectivity index (χ1) is 9.75. The van der Waals surface area contributed by atoms with E-state index in [1.807, 2.05) is 67.6 Å². The first kappa shape index (κ1) is 12.9. The third kappa shape index (κ3) is 2.45. The molecule has 3 rings (SSSR count). The Bertz CT molecular complexity index is 582. The van der Waals surface area contributed by atoms with E-state index in [4.69, 9.17) is 4.74 Å². The zero-order valence-electron chi connectivity index (χ0n) is 11.4. The van der Waals surface area contributed by atoms with Gasteiger partial charge in [-0.15, -0.1) is 0 Å². The van der Waals surface area contributed by atoms with Gasteiger partial charge in [-0.1, -0.05) is 48.5 Å². The van der Waals surface area contributed by atoms with Gasteiger partial charge < -0.3 is 9.64 Å². The highest BCUT2D eigenvalue weighted by Gasteiger charge is 2.34. The molecule has 1 saturated heterocycles. The number of amides is 1. The van der Waals surface area contributed by atoms with Crippen molar-refractivity contribution in [3.63, 3.8) is 0 Å². The van der Waals surface area contributed by atoms with Gasteiger partial charge in [-0.25, -0.2) is 0 Å². The summed E-state index contributed by atoms with van der Waals surface area (Å²) >= 11 is 0. The molecule has 1 aliphatic rings. The van der Waals surface area contributed by atoms with E-state index in [0.717, 1.165) is 5.56 Å². The normalized spacial score (nSPS) is 21.9. The number of ether oxygens (including phenoxy) is 1. The summed E-state index contributed by atoms with van der Waals surface area (Å²) in [5, 5.41) is 0. The second kappa shape index (κ2) is 5.47. The smallest absolute Gasteiger partial charge is 0.255 e. The predicted octanol–water partition coefficient (Wildman–Crippen LogP) is 3.25. The second-order valence-corrected chi connectivity index (χ2v) is 4.96. The summed E-state index contributed by atoms with van der Waals surface area (Å²) in [7, 11) is 0. The highest BCUT2D eigenvalue weighted by Crippen LogP contribution is 2.29. The molecule has 2 aromatic carbocycles. The lowest BCUT2D eigenvalue weighted by molar-refractivity contribution is 0.0138. The average Bonchev–Trinajstić information content (AvgIpc) is 2.90. The maximum absolute atomic E-state index is 12.5. The molecule has 20 heavy (non-hydrogen) atoms. The van der Waals surface area contributed by atoms with Crippen LogP contribution in [0.25, 0.3) is 0 Å². The standard InChI is InChI=1S/C17H17NO2/c1-13-18(17(19)15-10-6-3-7-11-15)12-16(20-13)14-8-4-2-5-9-14/h2-11,13,16H,12H2,1H3. The minimum Gasteiger partial charge on any atom is -0.349 e. The Hall–Kier alpha value is -2.13. The van der Waals surface area contributed by atoms with Crippen molar-refractivity contribution in [1.29, 1.82) is 0 Å². The van der Waals surface area contributed by atoms with Crippen LogP contribution in [0.2, 0.25) is 0 Å². The number of hydrogen-bond acceptors (Lipinski definition) is 2. The van der Waals surface area contributed by atoms with Crippen molar-refractivity contribution in [2.45, 2.75) is 19.3 Å². The van der Waals surface area contributed by atoms with Crippen molar-refractivity contribution in [2.24, 2.45) is 0 Å². The van der Waals surface area contributed by atoms with Gasteiger partial charge in [0.1, 0.15) is 12.3 Å². The Labute approximate surface area is 118 Å². The topological polar surface area (TPSA) is 29.5 Å². The van der Waals surface area contributed by atoms with Crippen LogP contribution in [0, 0.1) is 0 Å². The Balaban J connectivity index is 1.78. The van der Waals surface area contributed by atoms with E-state index >= 15 is 0 Å². The fourth-order valence-corrected chi connectivity index (χ4v) is 2.53. The molecule has 3 heteroatoms. The molecule has 0 bridgehead atoms. The van der Waals surface area contributed by atoms with E-state index in [9.17, 15) is 4.79 Å². The van der Waals surface area contributed by atoms with E-state index in [-0.39, 0.29) is 18.2 Å². The van der Waals surface area contributed by atoms with Gasteiger partial charge in [0.15, 0.2) is 0 Å². The highest BCUT2D eigenvalue weighted by molar-refractivity contribution is 5.94. The molecule has 0 N–H and O–H groups in total. The molecule has 2 aromatic rings. The molecule has 1 amide bonds. The van der Waals surface area contributed by atoms with Gasteiger partial charge >= 0.3 is 0 Å². The van der Waals surface area contributed by atoms with E-state index in [1.54, 1.807) is 4.90 Å². The third-order valence-electron chi connectivity index (χ3n) is 3.62. The fourth-order valence-electron chi connectivity index (χ4n) is 2.53. The summed E-state index contributed by atoms with van der Waals surface area (Å²) in [6, 6.07) is 19.4. The van der Waals surface area contributed by atoms with E-state index in [2.05, 4.69) is 0 Å². The number of rotatable bonds is 2. The quantitative estimate of drug-likeness (QED) is 0.836. The van der Waals surface area contributed by atoms with Gasteiger partial charge in [0.25, 0.3) is 5.91 Å². The summed E-state index contributed by atoms with van der Waals surface area (Å²) in [5.41, 5.74) is 1.82. The van der Waals surface area contributed by atoms with Gasteiger partial charge in [0, 0.05) is 5.56 Å². The molecule has 3 nitrogen and oxygen atoms in total. The maximum Gasteiger partial charge on any atom is 0.255 e. The van der Waals surface area contributed by atoms with Crippen molar-refractivity contribution >= 4 is 5.91 Å². The Morgan fingerprint density at radius 2 is 1.65 bits per heavy atom. The monoisotopic (exact) mass is 267 g/mol. The largest absolute Gasteiger partial charge is 0.349 e. The van der Waals surface area contributed by atoms with Crippen molar-refractivity contribution in [1.82, 2.24) is 4.90 Å². The number of nitrogens with zero attached hydrogens (tertiary/aromatic N) is 1. The number of hydrogen-bond donors (Lipinski definition) is 0. The minimum atomic E-state index is -0.201. The van der Waals surface area contributed by atoms with Crippen molar-refractivity contribution in [3.8, 4) is 0 Å². The Morgan fingerprint density at radius 1 is 1.05 bits per heavy atom. The molecule has 0 radical (unpaired) electrons. The zero-order chi connectivity index (χ0) is 13.9. The molecular formula is C17H17NO2. The number of carbonyl (C=O) groups excluding carboxylic acids is 1. The van der Waals surface area contributed by atoms with Crippen molar-refractivity contribution in [3.05, 3.63) is 71.8 Å². The SMILES string of the molecule is CC1OC(c2ccccc2)CN1C(=O)c1ccccc1. The maximum atomic E-state index is 12.5. The van der Waals surface area contributed by atoms with Gasteiger partial charge in [0.05, 0.1) is 6.54 Å². The van der Waals surface area contributed by atoms with Gasteiger partial charge in [-0.2, -0.15) is 0 Å². The van der Waals surface area contributed by atoms with Crippen LogP contribution in [0.4, 0.5) is 0 Å². The minimum absolute atomic E-state index is 0.0246. The first-order valence-corrected chi connectivity index (χ1v) is 6.82. The second-order valence-electron chi connectivity index (χ2n) is 4.96. The molecule has 1 fully saturated rings. The van der Waals surface area contributed by atoms with Crippen LogP contribution in [-0.2, 0) is 4.74 Å². The summed E-state index contributed by atoms with van der Waals surface area (Å²) in [5.74, 6) is 0.0246. The molecule has 0 saturated carbocycles. The highest BCUT2D eigenvalue weighted by atomic mass is 16.5. The van der Waals surface area contributed by atoms with Crippen molar-refractivity contribution in [2.75, 3.05) is 6.54 Å². The van der Waals surface area contributed by atoms with Crippen LogP contribution in [0.1, 0.15) is 28.9 Å². The Kier molecular flexibility index (Phi) is 3.52. The Morgan fingerprint density at radius 3 is 2.30 bits per heavy atom. The molecule has 0 spiro atoms. The van der Waals surface area contributed by atoms with Crippen LogP contribution in [0.3, 0.4) is 0 Å². The fraction of sp³-hybridized carbons (Fsp3) is 0.235. The summed E-state index contributed by atoms with van der Waals surface area (Å²) < 4.78 is 5.91. The van der Waals surface area contributed by atoms with Gasteiger partial charge in [0.2, 0.25) is 0 Å². The molecule has 102 valence electrons. The summed E-state index contributed by atoms with van der Waals surface area (Å²) in [6.07, 6.45) is -0.244. The summed E-state index contributed by atoms with van der Waals surface area (Å²) in [6.45, 7) is 2.52. The molecule has 2 atom stereocenters. The summed E-state index contributed by atoms with van der Waals surface area (Å²) in [4.78, 5) is 14.3. The molecule has 2 unspecified atom stereocenters. The first-order valence-electron chi connectivity index (χ1n) is 6.82. The predicted molar refractivity (Wildman–Crippen MR) is 77.2 cm³/mol. The molecular weight excluding hydrogens is 250 g/mol. The van der Waals surface area contributed by atoms with E-state index in [0.29, 0.717) is 12.1 Å². The number of carbonyl (C=O) groups is 1. The van der Waals surface area contributed by atoms with Crippen LogP contribution in [0.15, 0.2) is 60.7 Å². The molecule has 1 heterocycles. The molecule has 1 aliphatic heterocycles. The van der Waals surface area contributed by atoms with Crippen molar-refractivity contribution < 1.29 is 9.53 Å². The van der Waals surface area contributed by atoms with Crippen LogP contribution in [-0.4, -0.2) is 23.6 Å². The lowest BCUT2D eigenvalue weighted by atomic mass is 10.1. The van der Waals surface area contributed by atoms with Crippen LogP contribution in [0.5, 0.6) is 0 Å². The van der Waals surface area contributed by atoms with E-state index < -0.39 is 0 Å².